The highest BCUT2D eigenvalue weighted by Gasteiger charge is 2.25. The molecular weight excluding hydrogens is 216 g/mol. The second-order valence-corrected chi connectivity index (χ2v) is 5.05. The van der Waals surface area contributed by atoms with Crippen LogP contribution in [-0.4, -0.2) is 30.3 Å². The number of aromatic nitrogens is 2. The summed E-state index contributed by atoms with van der Waals surface area (Å²) in [6.07, 6.45) is 5.09. The zero-order valence-electron chi connectivity index (χ0n) is 10.9. The standard InChI is InChI=1S/C12H22N4O/c1-9-5-4-6-10(7-9)16(3)12-15-14-11(17-12)8-13-2/h9-10,13H,4-8H2,1-3H3. The Morgan fingerprint density at radius 1 is 1.41 bits per heavy atom. The van der Waals surface area contributed by atoms with E-state index >= 15 is 0 Å². The van der Waals surface area contributed by atoms with Crippen LogP contribution >= 0.6 is 0 Å². The van der Waals surface area contributed by atoms with Gasteiger partial charge in [-0.3, -0.25) is 0 Å². The summed E-state index contributed by atoms with van der Waals surface area (Å²) in [5, 5.41) is 11.1. The fourth-order valence-corrected chi connectivity index (χ4v) is 2.52. The van der Waals surface area contributed by atoms with E-state index in [2.05, 4.69) is 34.4 Å². The predicted molar refractivity (Wildman–Crippen MR) is 66.9 cm³/mol. The third kappa shape index (κ3) is 2.97. The Morgan fingerprint density at radius 3 is 2.94 bits per heavy atom. The van der Waals surface area contributed by atoms with E-state index in [1.54, 1.807) is 0 Å². The normalized spacial score (nSPS) is 24.9. The van der Waals surface area contributed by atoms with Gasteiger partial charge in [-0.1, -0.05) is 24.9 Å². The molecule has 0 aromatic carbocycles. The highest BCUT2D eigenvalue weighted by atomic mass is 16.4. The Balaban J connectivity index is 1.99. The summed E-state index contributed by atoms with van der Waals surface area (Å²) in [6, 6.07) is 1.19. The minimum Gasteiger partial charge on any atom is -0.407 e. The molecule has 0 radical (unpaired) electrons. The summed E-state index contributed by atoms with van der Waals surface area (Å²) >= 11 is 0. The maximum Gasteiger partial charge on any atom is 0.318 e. The lowest BCUT2D eigenvalue weighted by molar-refractivity contribution is 0.325. The van der Waals surface area contributed by atoms with Gasteiger partial charge in [0.05, 0.1) is 6.54 Å². The number of nitrogens with one attached hydrogen (secondary N) is 1. The van der Waals surface area contributed by atoms with E-state index in [0.717, 1.165) is 5.92 Å². The van der Waals surface area contributed by atoms with Crippen molar-refractivity contribution in [2.45, 2.75) is 45.2 Å². The molecule has 0 amide bonds. The molecule has 17 heavy (non-hydrogen) atoms. The third-order valence-electron chi connectivity index (χ3n) is 3.54. The molecule has 1 fully saturated rings. The fraction of sp³-hybridized carbons (Fsp3) is 0.833. The van der Waals surface area contributed by atoms with Gasteiger partial charge in [0, 0.05) is 13.1 Å². The van der Waals surface area contributed by atoms with E-state index in [1.807, 2.05) is 7.05 Å². The third-order valence-corrected chi connectivity index (χ3v) is 3.54. The molecule has 1 aliphatic rings. The van der Waals surface area contributed by atoms with Gasteiger partial charge in [0.15, 0.2) is 0 Å². The van der Waals surface area contributed by atoms with Crippen molar-refractivity contribution >= 4 is 6.01 Å². The number of anilines is 1. The van der Waals surface area contributed by atoms with E-state index in [0.29, 0.717) is 24.5 Å². The monoisotopic (exact) mass is 238 g/mol. The van der Waals surface area contributed by atoms with Crippen LogP contribution in [0.3, 0.4) is 0 Å². The molecule has 96 valence electrons. The van der Waals surface area contributed by atoms with Crippen molar-refractivity contribution in [1.29, 1.82) is 0 Å². The van der Waals surface area contributed by atoms with Crippen LogP contribution in [0, 0.1) is 5.92 Å². The number of rotatable bonds is 4. The molecule has 0 saturated heterocycles. The number of hydrogen-bond acceptors (Lipinski definition) is 5. The molecule has 2 rings (SSSR count). The molecule has 2 unspecified atom stereocenters. The molecule has 5 heteroatoms. The molecule has 1 N–H and O–H groups in total. The smallest absolute Gasteiger partial charge is 0.318 e. The van der Waals surface area contributed by atoms with Crippen LogP contribution in [-0.2, 0) is 6.54 Å². The first-order chi connectivity index (χ1) is 8.20. The van der Waals surface area contributed by atoms with Crippen LogP contribution < -0.4 is 10.2 Å². The van der Waals surface area contributed by atoms with Crippen molar-refractivity contribution in [3.63, 3.8) is 0 Å². The van der Waals surface area contributed by atoms with E-state index in [4.69, 9.17) is 4.42 Å². The second-order valence-electron chi connectivity index (χ2n) is 5.05. The Bertz CT molecular complexity index is 352. The summed E-state index contributed by atoms with van der Waals surface area (Å²) in [6.45, 7) is 2.95. The summed E-state index contributed by atoms with van der Waals surface area (Å²) in [5.41, 5.74) is 0. The van der Waals surface area contributed by atoms with Crippen LogP contribution in [0.15, 0.2) is 4.42 Å². The zero-order chi connectivity index (χ0) is 12.3. The maximum absolute atomic E-state index is 5.62. The van der Waals surface area contributed by atoms with Crippen LogP contribution in [0.25, 0.3) is 0 Å². The first-order valence-electron chi connectivity index (χ1n) is 6.40. The van der Waals surface area contributed by atoms with Crippen molar-refractivity contribution in [3.05, 3.63) is 5.89 Å². The second kappa shape index (κ2) is 5.49. The Hall–Kier alpha value is -1.10. The minimum absolute atomic E-state index is 0.543. The van der Waals surface area contributed by atoms with Crippen LogP contribution in [0.2, 0.25) is 0 Å². The SMILES string of the molecule is CNCc1nnc(N(C)C2CCCC(C)C2)o1. The lowest BCUT2D eigenvalue weighted by atomic mass is 9.86. The van der Waals surface area contributed by atoms with Gasteiger partial charge in [-0.2, -0.15) is 0 Å². The lowest BCUT2D eigenvalue weighted by Crippen LogP contribution is -2.35. The van der Waals surface area contributed by atoms with Crippen LogP contribution in [0.4, 0.5) is 6.01 Å². The zero-order valence-corrected chi connectivity index (χ0v) is 10.9. The largest absolute Gasteiger partial charge is 0.407 e. The van der Waals surface area contributed by atoms with Crippen molar-refractivity contribution in [2.24, 2.45) is 5.92 Å². The van der Waals surface area contributed by atoms with Crippen molar-refractivity contribution in [2.75, 3.05) is 19.0 Å². The van der Waals surface area contributed by atoms with Gasteiger partial charge in [0.25, 0.3) is 0 Å². The molecule has 1 heterocycles. The summed E-state index contributed by atoms with van der Waals surface area (Å²) in [5.74, 6) is 1.45. The van der Waals surface area contributed by atoms with Gasteiger partial charge in [0.2, 0.25) is 5.89 Å². The molecule has 1 saturated carbocycles. The van der Waals surface area contributed by atoms with E-state index < -0.39 is 0 Å². The molecule has 2 atom stereocenters. The first kappa shape index (κ1) is 12.4. The van der Waals surface area contributed by atoms with Gasteiger partial charge in [-0.15, -0.1) is 5.10 Å². The number of nitrogens with zero attached hydrogens (tertiary/aromatic N) is 3. The van der Waals surface area contributed by atoms with E-state index in [1.165, 1.54) is 25.7 Å². The summed E-state index contributed by atoms with van der Waals surface area (Å²) in [4.78, 5) is 2.14. The van der Waals surface area contributed by atoms with Gasteiger partial charge in [-0.25, -0.2) is 0 Å². The molecule has 5 nitrogen and oxygen atoms in total. The fourth-order valence-electron chi connectivity index (χ4n) is 2.52. The highest BCUT2D eigenvalue weighted by Crippen LogP contribution is 2.28. The quantitative estimate of drug-likeness (QED) is 0.867. The van der Waals surface area contributed by atoms with Gasteiger partial charge in [-0.05, 0) is 25.8 Å². The lowest BCUT2D eigenvalue weighted by Gasteiger charge is -2.32. The Labute approximate surface area is 103 Å². The topological polar surface area (TPSA) is 54.2 Å². The predicted octanol–water partition coefficient (Wildman–Crippen LogP) is 1.80. The molecule has 0 spiro atoms. The Kier molecular flexibility index (Phi) is 3.99. The Morgan fingerprint density at radius 2 is 2.24 bits per heavy atom. The van der Waals surface area contributed by atoms with Crippen molar-refractivity contribution in [1.82, 2.24) is 15.5 Å². The van der Waals surface area contributed by atoms with Crippen LogP contribution in [0.1, 0.15) is 38.5 Å². The first-order valence-corrected chi connectivity index (χ1v) is 6.40. The van der Waals surface area contributed by atoms with Gasteiger partial charge >= 0.3 is 6.01 Å². The van der Waals surface area contributed by atoms with Crippen molar-refractivity contribution < 1.29 is 4.42 Å². The number of hydrogen-bond donors (Lipinski definition) is 1. The van der Waals surface area contributed by atoms with E-state index in [-0.39, 0.29) is 0 Å². The van der Waals surface area contributed by atoms with E-state index in [9.17, 15) is 0 Å². The molecule has 1 aliphatic carbocycles. The van der Waals surface area contributed by atoms with Crippen LogP contribution in [0.5, 0.6) is 0 Å². The maximum atomic E-state index is 5.62. The molecule has 1 aromatic rings. The summed E-state index contributed by atoms with van der Waals surface area (Å²) < 4.78 is 5.62. The van der Waals surface area contributed by atoms with Gasteiger partial charge in [0.1, 0.15) is 0 Å². The minimum atomic E-state index is 0.543. The highest BCUT2D eigenvalue weighted by molar-refractivity contribution is 5.24. The average Bonchev–Trinajstić information content (AvgIpc) is 2.77. The molecule has 0 bridgehead atoms. The van der Waals surface area contributed by atoms with Crippen molar-refractivity contribution in [3.8, 4) is 0 Å². The molecule has 0 aliphatic heterocycles. The molecular formula is C12H22N4O. The molecule has 1 aromatic heterocycles. The van der Waals surface area contributed by atoms with Gasteiger partial charge < -0.3 is 14.6 Å². The summed E-state index contributed by atoms with van der Waals surface area (Å²) in [7, 11) is 3.93. The average molecular weight is 238 g/mol.